The second-order valence-electron chi connectivity index (χ2n) is 8.32. The summed E-state index contributed by atoms with van der Waals surface area (Å²) in [6.07, 6.45) is 1.88. The molecule has 1 amide bonds. The van der Waals surface area contributed by atoms with Gasteiger partial charge in [0.15, 0.2) is 11.6 Å². The number of carbonyl (C=O) groups is 1. The molecule has 0 radical (unpaired) electrons. The summed E-state index contributed by atoms with van der Waals surface area (Å²) in [5.41, 5.74) is 2.86. The van der Waals surface area contributed by atoms with Crippen molar-refractivity contribution in [1.82, 2.24) is 9.97 Å². The summed E-state index contributed by atoms with van der Waals surface area (Å²) in [5, 5.41) is 5.57. The SMILES string of the molecule is Cc1ccc(CN(c2nc(Nc3cccc4c3CC(=O)N4)ncc2F)C(F)F)c(N(C)S(C)(=O)=O)c1. The van der Waals surface area contributed by atoms with Gasteiger partial charge in [0.25, 0.3) is 0 Å². The van der Waals surface area contributed by atoms with Gasteiger partial charge in [-0.1, -0.05) is 18.2 Å². The Morgan fingerprint density at radius 3 is 2.67 bits per heavy atom. The highest BCUT2D eigenvalue weighted by Crippen LogP contribution is 2.33. The van der Waals surface area contributed by atoms with Gasteiger partial charge >= 0.3 is 6.55 Å². The molecule has 13 heteroatoms. The van der Waals surface area contributed by atoms with Gasteiger partial charge in [-0.2, -0.15) is 13.8 Å². The lowest BCUT2D eigenvalue weighted by molar-refractivity contribution is -0.115. The van der Waals surface area contributed by atoms with Gasteiger partial charge in [-0.3, -0.25) is 14.0 Å². The minimum absolute atomic E-state index is 0.111. The first-order valence-corrected chi connectivity index (χ1v) is 12.6. The molecule has 0 fully saturated rings. The zero-order chi connectivity index (χ0) is 26.2. The predicted molar refractivity (Wildman–Crippen MR) is 131 cm³/mol. The number of nitrogens with zero attached hydrogens (tertiary/aromatic N) is 4. The summed E-state index contributed by atoms with van der Waals surface area (Å²) in [6, 6.07) is 9.77. The van der Waals surface area contributed by atoms with Crippen molar-refractivity contribution in [3.63, 3.8) is 0 Å². The first kappa shape index (κ1) is 25.2. The molecule has 190 valence electrons. The van der Waals surface area contributed by atoms with Crippen molar-refractivity contribution in [1.29, 1.82) is 0 Å². The van der Waals surface area contributed by atoms with Crippen molar-refractivity contribution in [3.05, 3.63) is 65.1 Å². The van der Waals surface area contributed by atoms with Crippen molar-refractivity contribution in [2.75, 3.05) is 33.1 Å². The number of aromatic nitrogens is 2. The van der Waals surface area contributed by atoms with Gasteiger partial charge in [0.1, 0.15) is 0 Å². The second-order valence-corrected chi connectivity index (χ2v) is 10.3. The molecule has 1 aliphatic heterocycles. The third-order valence-corrected chi connectivity index (χ3v) is 6.88. The van der Waals surface area contributed by atoms with E-state index in [9.17, 15) is 26.4 Å². The van der Waals surface area contributed by atoms with Crippen LogP contribution in [-0.4, -0.2) is 44.1 Å². The molecule has 9 nitrogen and oxygen atoms in total. The molecule has 0 bridgehead atoms. The number of aryl methyl sites for hydroxylation is 1. The van der Waals surface area contributed by atoms with Gasteiger partial charge in [-0.15, -0.1) is 0 Å². The lowest BCUT2D eigenvalue weighted by Crippen LogP contribution is -2.32. The molecule has 0 aliphatic carbocycles. The van der Waals surface area contributed by atoms with Crippen LogP contribution in [0.25, 0.3) is 0 Å². The maximum absolute atomic E-state index is 14.7. The molecular weight excluding hydrogens is 497 g/mol. The molecule has 3 aromatic rings. The van der Waals surface area contributed by atoms with Crippen LogP contribution in [0.4, 0.5) is 42.0 Å². The third-order valence-electron chi connectivity index (χ3n) is 5.69. The number of fused-ring (bicyclic) bond motifs is 1. The number of sulfonamides is 1. The van der Waals surface area contributed by atoms with E-state index in [1.165, 1.54) is 13.1 Å². The highest BCUT2D eigenvalue weighted by Gasteiger charge is 2.27. The molecule has 1 aromatic heterocycles. The number of benzene rings is 2. The standard InChI is InChI=1S/C23H23F3N6O3S/c1-13-7-8-14(19(9-13)31(2)36(3,34)35)12-32(22(25)26)21-16(24)11-27-23(30-21)29-18-6-4-5-17-15(18)10-20(33)28-17/h4-9,11,22H,10,12H2,1-3H3,(H,28,33)(H,27,29,30). The van der Waals surface area contributed by atoms with E-state index < -0.39 is 34.8 Å². The molecule has 2 N–H and O–H groups in total. The monoisotopic (exact) mass is 520 g/mol. The maximum Gasteiger partial charge on any atom is 0.316 e. The van der Waals surface area contributed by atoms with Crippen LogP contribution in [0.3, 0.4) is 0 Å². The molecular formula is C23H23F3N6O3S. The first-order valence-electron chi connectivity index (χ1n) is 10.7. The zero-order valence-corrected chi connectivity index (χ0v) is 20.4. The molecule has 4 rings (SSSR count). The van der Waals surface area contributed by atoms with Crippen molar-refractivity contribution in [2.45, 2.75) is 26.4 Å². The molecule has 0 atom stereocenters. The van der Waals surface area contributed by atoms with E-state index in [1.807, 2.05) is 0 Å². The molecule has 0 spiro atoms. The number of rotatable bonds is 8. The lowest BCUT2D eigenvalue weighted by atomic mass is 10.1. The van der Waals surface area contributed by atoms with Crippen LogP contribution in [0.15, 0.2) is 42.6 Å². The molecule has 0 saturated heterocycles. The van der Waals surface area contributed by atoms with E-state index in [1.54, 1.807) is 37.3 Å². The third kappa shape index (κ3) is 5.20. The van der Waals surface area contributed by atoms with Crippen molar-refractivity contribution < 1.29 is 26.4 Å². The summed E-state index contributed by atoms with van der Waals surface area (Å²) < 4.78 is 68.3. The number of alkyl halides is 2. The number of anilines is 5. The highest BCUT2D eigenvalue weighted by molar-refractivity contribution is 7.92. The Bertz CT molecular complexity index is 1430. The normalized spacial score (nSPS) is 12.9. The number of hydrogen-bond donors (Lipinski definition) is 2. The Hall–Kier alpha value is -3.87. The summed E-state index contributed by atoms with van der Waals surface area (Å²) in [6.45, 7) is -1.96. The molecule has 2 heterocycles. The predicted octanol–water partition coefficient (Wildman–Crippen LogP) is 3.79. The van der Waals surface area contributed by atoms with E-state index in [2.05, 4.69) is 20.6 Å². The lowest BCUT2D eigenvalue weighted by Gasteiger charge is -2.27. The van der Waals surface area contributed by atoms with Gasteiger partial charge in [0, 0.05) is 24.0 Å². The fraction of sp³-hybridized carbons (Fsp3) is 0.261. The number of nitrogens with one attached hydrogen (secondary N) is 2. The zero-order valence-electron chi connectivity index (χ0n) is 19.6. The number of halogens is 3. The van der Waals surface area contributed by atoms with Crippen LogP contribution < -0.4 is 19.8 Å². The molecule has 36 heavy (non-hydrogen) atoms. The van der Waals surface area contributed by atoms with E-state index in [0.717, 1.165) is 22.3 Å². The van der Waals surface area contributed by atoms with Crippen molar-refractivity contribution in [2.24, 2.45) is 0 Å². The Morgan fingerprint density at radius 1 is 1.22 bits per heavy atom. The minimum Gasteiger partial charge on any atom is -0.325 e. The van der Waals surface area contributed by atoms with Crippen LogP contribution in [-0.2, 0) is 27.8 Å². The topological polar surface area (TPSA) is 108 Å². The second kappa shape index (κ2) is 9.64. The number of carbonyl (C=O) groups excluding carboxylic acids is 1. The Labute approximate surface area is 206 Å². The Morgan fingerprint density at radius 2 is 1.97 bits per heavy atom. The summed E-state index contributed by atoms with van der Waals surface area (Å²) >= 11 is 0. The van der Waals surface area contributed by atoms with Crippen LogP contribution >= 0.6 is 0 Å². The van der Waals surface area contributed by atoms with Gasteiger partial charge < -0.3 is 10.6 Å². The first-order chi connectivity index (χ1) is 16.9. The van der Waals surface area contributed by atoms with Crippen LogP contribution in [0.1, 0.15) is 16.7 Å². The number of hydrogen-bond acceptors (Lipinski definition) is 7. The van der Waals surface area contributed by atoms with Crippen LogP contribution in [0, 0.1) is 12.7 Å². The average Bonchev–Trinajstić information content (AvgIpc) is 3.19. The maximum atomic E-state index is 14.7. The van der Waals surface area contributed by atoms with E-state index in [0.29, 0.717) is 21.8 Å². The fourth-order valence-corrected chi connectivity index (χ4v) is 4.33. The molecule has 0 saturated carbocycles. The molecule has 1 aliphatic rings. The van der Waals surface area contributed by atoms with Gasteiger partial charge in [0.2, 0.25) is 21.9 Å². The Kier molecular flexibility index (Phi) is 6.76. The summed E-state index contributed by atoms with van der Waals surface area (Å²) in [5.74, 6) is -2.10. The van der Waals surface area contributed by atoms with Gasteiger partial charge in [-0.05, 0) is 36.2 Å². The minimum atomic E-state index is -3.69. The largest absolute Gasteiger partial charge is 0.325 e. The fourth-order valence-electron chi connectivity index (χ4n) is 3.81. The van der Waals surface area contributed by atoms with Gasteiger partial charge in [0.05, 0.1) is 31.1 Å². The van der Waals surface area contributed by atoms with E-state index in [4.69, 9.17) is 0 Å². The van der Waals surface area contributed by atoms with E-state index in [-0.39, 0.29) is 29.5 Å². The quantitative estimate of drug-likeness (QED) is 0.435. The summed E-state index contributed by atoms with van der Waals surface area (Å²) in [7, 11) is -2.37. The average molecular weight is 521 g/mol. The number of amides is 1. The molecule has 2 aromatic carbocycles. The highest BCUT2D eigenvalue weighted by atomic mass is 32.2. The Balaban J connectivity index is 1.69. The van der Waals surface area contributed by atoms with Crippen molar-refractivity contribution >= 4 is 44.8 Å². The smallest absolute Gasteiger partial charge is 0.316 e. The van der Waals surface area contributed by atoms with Crippen molar-refractivity contribution in [3.8, 4) is 0 Å². The van der Waals surface area contributed by atoms with Crippen LogP contribution in [0.2, 0.25) is 0 Å². The van der Waals surface area contributed by atoms with E-state index >= 15 is 0 Å². The van der Waals surface area contributed by atoms with Gasteiger partial charge in [-0.25, -0.2) is 17.8 Å². The van der Waals surface area contributed by atoms with Crippen LogP contribution in [0.5, 0.6) is 0 Å². The summed E-state index contributed by atoms with van der Waals surface area (Å²) in [4.78, 5) is 20.0. The molecule has 0 unspecified atom stereocenters.